The number of aromatic nitrogens is 2. The van der Waals surface area contributed by atoms with Crippen molar-refractivity contribution in [2.75, 3.05) is 12.5 Å². The average molecular weight is 241 g/mol. The molecule has 6 nitrogen and oxygen atoms in total. The molecule has 1 aromatic carbocycles. The molecule has 16 heavy (non-hydrogen) atoms. The summed E-state index contributed by atoms with van der Waals surface area (Å²) in [7, 11) is -0.611. The average Bonchev–Trinajstić information content (AvgIpc) is 2.62. The molecule has 0 saturated carbocycles. The van der Waals surface area contributed by atoms with Crippen LogP contribution in [0.15, 0.2) is 24.5 Å². The lowest BCUT2D eigenvalue weighted by Crippen LogP contribution is -1.86. The van der Waals surface area contributed by atoms with Crippen molar-refractivity contribution in [1.82, 2.24) is 9.97 Å². The second-order valence-corrected chi connectivity index (χ2v) is 4.59. The number of rotatable bonds is 1. The zero-order valence-electron chi connectivity index (χ0n) is 8.84. The molecule has 7 heteroatoms. The number of fused-ring (bicyclic) bond motifs is 1. The smallest absolute Gasteiger partial charge is 0.271 e. The maximum atomic E-state index is 10.3. The van der Waals surface area contributed by atoms with Crippen LogP contribution in [0.25, 0.3) is 11.0 Å². The fourth-order valence-corrected chi connectivity index (χ4v) is 1.04. The number of imidazole rings is 1. The molecular formula is C9H11N3O3S. The molecule has 86 valence electrons. The zero-order valence-corrected chi connectivity index (χ0v) is 9.65. The van der Waals surface area contributed by atoms with Crippen LogP contribution in [0.1, 0.15) is 0 Å². The maximum Gasteiger partial charge on any atom is 0.271 e. The van der Waals surface area contributed by atoms with Gasteiger partial charge in [0, 0.05) is 35.4 Å². The highest BCUT2D eigenvalue weighted by atomic mass is 32.2. The summed E-state index contributed by atoms with van der Waals surface area (Å²) in [5.41, 5.74) is 1.50. The lowest BCUT2D eigenvalue weighted by atomic mass is 10.3. The number of hydrogen-bond donors (Lipinski definition) is 1. The van der Waals surface area contributed by atoms with Crippen molar-refractivity contribution in [2.24, 2.45) is 0 Å². The van der Waals surface area contributed by atoms with Crippen molar-refractivity contribution in [3.05, 3.63) is 34.6 Å². The number of nitro benzene ring substituents is 1. The van der Waals surface area contributed by atoms with Gasteiger partial charge in [-0.2, -0.15) is 0 Å². The van der Waals surface area contributed by atoms with Crippen molar-refractivity contribution in [1.29, 1.82) is 0 Å². The van der Waals surface area contributed by atoms with Crippen LogP contribution in [-0.4, -0.2) is 31.6 Å². The molecule has 1 N–H and O–H groups in total. The monoisotopic (exact) mass is 241 g/mol. The summed E-state index contributed by atoms with van der Waals surface area (Å²) in [5.74, 6) is 0. The van der Waals surface area contributed by atoms with E-state index in [-0.39, 0.29) is 5.69 Å². The van der Waals surface area contributed by atoms with Gasteiger partial charge in [-0.05, 0) is 6.07 Å². The highest BCUT2D eigenvalue weighted by Crippen LogP contribution is 2.16. The number of nitrogens with one attached hydrogen (secondary N) is 1. The molecule has 2 aromatic rings. The van der Waals surface area contributed by atoms with E-state index >= 15 is 0 Å². The Kier molecular flexibility index (Phi) is 4.12. The van der Waals surface area contributed by atoms with Gasteiger partial charge in [0.15, 0.2) is 0 Å². The van der Waals surface area contributed by atoms with Gasteiger partial charge in [0.2, 0.25) is 0 Å². The van der Waals surface area contributed by atoms with Gasteiger partial charge in [0.1, 0.15) is 0 Å². The minimum Gasteiger partial charge on any atom is -0.344 e. The summed E-state index contributed by atoms with van der Waals surface area (Å²) in [6.07, 6.45) is 4.79. The van der Waals surface area contributed by atoms with Crippen molar-refractivity contribution in [2.45, 2.75) is 0 Å². The molecule has 2 rings (SSSR count). The van der Waals surface area contributed by atoms with Crippen LogP contribution in [0, 0.1) is 10.1 Å². The van der Waals surface area contributed by atoms with E-state index in [2.05, 4.69) is 9.97 Å². The molecule has 1 aromatic heterocycles. The Balaban J connectivity index is 0.000000280. The largest absolute Gasteiger partial charge is 0.344 e. The first-order chi connectivity index (χ1) is 7.50. The van der Waals surface area contributed by atoms with Gasteiger partial charge in [0.25, 0.3) is 5.69 Å². The Labute approximate surface area is 94.3 Å². The van der Waals surface area contributed by atoms with Crippen LogP contribution in [0.3, 0.4) is 0 Å². The summed E-state index contributed by atoms with van der Waals surface area (Å²) in [6, 6.07) is 4.51. The number of hydrogen-bond acceptors (Lipinski definition) is 4. The number of benzene rings is 1. The number of nitrogens with zero attached hydrogens (tertiary/aromatic N) is 2. The normalized spacial score (nSPS) is 9.94. The van der Waals surface area contributed by atoms with Crippen LogP contribution in [-0.2, 0) is 10.8 Å². The summed E-state index contributed by atoms with van der Waals surface area (Å²) < 4.78 is 9.56. The van der Waals surface area contributed by atoms with Gasteiger partial charge in [-0.3, -0.25) is 14.3 Å². The van der Waals surface area contributed by atoms with Gasteiger partial charge in [0.05, 0.1) is 22.3 Å². The number of aromatic amines is 1. The van der Waals surface area contributed by atoms with E-state index in [0.29, 0.717) is 5.52 Å². The predicted molar refractivity (Wildman–Crippen MR) is 62.7 cm³/mol. The van der Waals surface area contributed by atoms with E-state index < -0.39 is 15.7 Å². The Morgan fingerprint density at radius 3 is 2.62 bits per heavy atom. The molecule has 0 spiro atoms. The molecule has 0 aliphatic heterocycles. The van der Waals surface area contributed by atoms with Crippen molar-refractivity contribution < 1.29 is 9.13 Å². The molecule has 0 amide bonds. The molecule has 0 unspecified atom stereocenters. The molecule has 0 bridgehead atoms. The Hall–Kier alpha value is -1.76. The summed E-state index contributed by atoms with van der Waals surface area (Å²) in [6.45, 7) is 0. The predicted octanol–water partition coefficient (Wildman–Crippen LogP) is 1.47. The molecule has 0 aliphatic carbocycles. The van der Waals surface area contributed by atoms with Gasteiger partial charge < -0.3 is 4.98 Å². The standard InChI is InChI=1S/C7H5N3O2.C2H6OS/c11-10(12)5-1-2-6-7(3-5)9-4-8-6;1-4(2)3/h1-4H,(H,8,9);1-2H3. The molecule has 0 aliphatic rings. The van der Waals surface area contributed by atoms with Gasteiger partial charge in [-0.1, -0.05) is 0 Å². The van der Waals surface area contributed by atoms with E-state index in [0.717, 1.165) is 5.52 Å². The lowest BCUT2D eigenvalue weighted by molar-refractivity contribution is -0.384. The van der Waals surface area contributed by atoms with E-state index in [1.165, 1.54) is 18.5 Å². The minimum absolute atomic E-state index is 0.0757. The van der Waals surface area contributed by atoms with E-state index in [1.807, 2.05) is 0 Å². The molecular weight excluding hydrogens is 230 g/mol. The molecule has 1 heterocycles. The molecule has 0 radical (unpaired) electrons. The third-order valence-electron chi connectivity index (χ3n) is 1.61. The zero-order chi connectivity index (χ0) is 12.1. The summed E-state index contributed by atoms with van der Waals surface area (Å²) in [4.78, 5) is 16.6. The third kappa shape index (κ3) is 3.43. The Morgan fingerprint density at radius 2 is 2.06 bits per heavy atom. The topological polar surface area (TPSA) is 88.9 Å². The highest BCUT2D eigenvalue weighted by Gasteiger charge is 2.05. The molecule has 0 atom stereocenters. The highest BCUT2D eigenvalue weighted by molar-refractivity contribution is 7.83. The number of H-pyrrole nitrogens is 1. The minimum atomic E-state index is -0.611. The van der Waals surface area contributed by atoms with Crippen LogP contribution >= 0.6 is 0 Å². The molecule has 0 fully saturated rings. The van der Waals surface area contributed by atoms with E-state index in [4.69, 9.17) is 0 Å². The second-order valence-electron chi connectivity index (χ2n) is 3.10. The van der Waals surface area contributed by atoms with Crippen molar-refractivity contribution >= 4 is 27.5 Å². The number of nitro groups is 1. The van der Waals surface area contributed by atoms with Crippen LogP contribution in [0.5, 0.6) is 0 Å². The first-order valence-electron chi connectivity index (χ1n) is 4.33. The van der Waals surface area contributed by atoms with Crippen molar-refractivity contribution in [3.8, 4) is 0 Å². The Bertz CT molecular complexity index is 519. The quantitative estimate of drug-likeness (QED) is 0.604. The van der Waals surface area contributed by atoms with E-state index in [1.54, 1.807) is 18.6 Å². The first-order valence-corrected chi connectivity index (χ1v) is 6.30. The van der Waals surface area contributed by atoms with Crippen LogP contribution in [0.4, 0.5) is 5.69 Å². The second kappa shape index (κ2) is 5.36. The van der Waals surface area contributed by atoms with Gasteiger partial charge >= 0.3 is 0 Å². The fraction of sp³-hybridized carbons (Fsp3) is 0.222. The number of non-ortho nitro benzene ring substituents is 1. The van der Waals surface area contributed by atoms with Crippen LogP contribution in [0.2, 0.25) is 0 Å². The lowest BCUT2D eigenvalue weighted by Gasteiger charge is -1.89. The van der Waals surface area contributed by atoms with Gasteiger partial charge in [-0.15, -0.1) is 0 Å². The first kappa shape index (κ1) is 12.3. The third-order valence-corrected chi connectivity index (χ3v) is 1.61. The fourth-order valence-electron chi connectivity index (χ4n) is 1.04. The summed E-state index contributed by atoms with van der Waals surface area (Å²) in [5, 5.41) is 10.3. The van der Waals surface area contributed by atoms with Crippen LogP contribution < -0.4 is 0 Å². The maximum absolute atomic E-state index is 10.3. The van der Waals surface area contributed by atoms with Crippen molar-refractivity contribution in [3.63, 3.8) is 0 Å². The SMILES string of the molecule is CS(C)=O.O=[N+]([O-])c1ccc2nc[nH]c2c1. The van der Waals surface area contributed by atoms with Gasteiger partial charge in [-0.25, -0.2) is 4.98 Å². The van der Waals surface area contributed by atoms with E-state index in [9.17, 15) is 14.3 Å². The molecule has 0 saturated heterocycles. The Morgan fingerprint density at radius 1 is 1.44 bits per heavy atom. The summed E-state index contributed by atoms with van der Waals surface area (Å²) >= 11 is 0.